The van der Waals surface area contributed by atoms with Crippen molar-refractivity contribution in [2.24, 2.45) is 0 Å². The highest BCUT2D eigenvalue weighted by Gasteiger charge is 2.28. The normalized spacial score (nSPS) is 14.4. The number of hydrogen-bond acceptors (Lipinski definition) is 5. The van der Waals surface area contributed by atoms with Gasteiger partial charge in [0, 0.05) is 0 Å². The number of unbranched alkanes of at least 4 members (excludes halogenated alkanes) is 27. The zero-order valence-corrected chi connectivity index (χ0v) is 37.6. The molecule has 6 nitrogen and oxygen atoms in total. The Kier molecular flexibility index (Phi) is 44.0. The zero-order chi connectivity index (χ0) is 41.7. The number of amides is 1. The lowest BCUT2D eigenvalue weighted by molar-refractivity contribution is -0.132. The van der Waals surface area contributed by atoms with Crippen molar-refractivity contribution < 1.29 is 25.2 Å². The van der Waals surface area contributed by atoms with Crippen LogP contribution in [0.4, 0.5) is 0 Å². The monoisotopic (exact) mass is 802 g/mol. The molecule has 0 aliphatic carbocycles. The van der Waals surface area contributed by atoms with Crippen LogP contribution in [0, 0.1) is 0 Å². The molecule has 0 aliphatic heterocycles. The third kappa shape index (κ3) is 39.5. The molecule has 1 amide bonds. The van der Waals surface area contributed by atoms with Crippen molar-refractivity contribution in [3.8, 4) is 0 Å². The number of carbonyl (C=O) groups is 1. The van der Waals surface area contributed by atoms with Crippen molar-refractivity contribution in [2.45, 2.75) is 263 Å². The standard InChI is InChI=1S/C51H95NO5/c1-3-5-7-9-11-13-15-17-19-20-21-22-23-24-25-26-27-28-29-31-33-35-37-39-41-43-45-49(55)51(57)52-47(46-53)50(56)48(54)44-42-40-38-36-34-32-30-18-16-14-12-10-8-6-4-2/h10,12,18,24-25,30,36,38,47-50,53-56H,3-9,11,13-17,19-23,26-29,31-35,37,39-46H2,1-2H3,(H,52,57)/b12-10+,25-24-,30-18+,38-36+. The maximum absolute atomic E-state index is 12.5. The molecule has 0 aliphatic rings. The first-order valence-corrected chi connectivity index (χ1v) is 24.5. The smallest absolute Gasteiger partial charge is 0.249 e. The first kappa shape index (κ1) is 55.3. The van der Waals surface area contributed by atoms with Gasteiger partial charge in [0.25, 0.3) is 0 Å². The second-order valence-corrected chi connectivity index (χ2v) is 16.8. The van der Waals surface area contributed by atoms with E-state index in [4.69, 9.17) is 0 Å². The first-order chi connectivity index (χ1) is 28.0. The minimum atomic E-state index is -1.29. The van der Waals surface area contributed by atoms with Crippen LogP contribution >= 0.6 is 0 Å². The van der Waals surface area contributed by atoms with E-state index in [-0.39, 0.29) is 0 Å². The molecule has 0 aromatic heterocycles. The molecule has 0 saturated heterocycles. The number of hydrogen-bond donors (Lipinski definition) is 5. The summed E-state index contributed by atoms with van der Waals surface area (Å²) < 4.78 is 0. The fourth-order valence-corrected chi connectivity index (χ4v) is 7.30. The summed E-state index contributed by atoms with van der Waals surface area (Å²) in [5, 5.41) is 43.7. The average molecular weight is 802 g/mol. The van der Waals surface area contributed by atoms with E-state index in [1.165, 1.54) is 154 Å². The van der Waals surface area contributed by atoms with Crippen molar-refractivity contribution in [2.75, 3.05) is 6.61 Å². The van der Waals surface area contributed by atoms with Crippen LogP contribution in [-0.2, 0) is 4.79 Å². The molecule has 0 saturated carbocycles. The Morgan fingerprint density at radius 1 is 0.421 bits per heavy atom. The van der Waals surface area contributed by atoms with Gasteiger partial charge in [-0.1, -0.05) is 204 Å². The van der Waals surface area contributed by atoms with Gasteiger partial charge in [0.2, 0.25) is 5.91 Å². The molecule has 0 aromatic carbocycles. The first-order valence-electron chi connectivity index (χ1n) is 24.5. The summed E-state index contributed by atoms with van der Waals surface area (Å²) in [6.07, 6.45) is 55.9. The zero-order valence-electron chi connectivity index (χ0n) is 37.6. The van der Waals surface area contributed by atoms with Gasteiger partial charge in [0.05, 0.1) is 18.8 Å². The highest BCUT2D eigenvalue weighted by atomic mass is 16.3. The topological polar surface area (TPSA) is 110 Å². The van der Waals surface area contributed by atoms with Gasteiger partial charge >= 0.3 is 0 Å². The maximum atomic E-state index is 12.5. The van der Waals surface area contributed by atoms with Gasteiger partial charge in [0.1, 0.15) is 12.2 Å². The summed E-state index contributed by atoms with van der Waals surface area (Å²) in [5.41, 5.74) is 0. The number of aliphatic hydroxyl groups excluding tert-OH is 4. The van der Waals surface area contributed by atoms with Crippen LogP contribution in [0.5, 0.6) is 0 Å². The van der Waals surface area contributed by atoms with Crippen molar-refractivity contribution in [3.63, 3.8) is 0 Å². The maximum Gasteiger partial charge on any atom is 0.249 e. The largest absolute Gasteiger partial charge is 0.394 e. The van der Waals surface area contributed by atoms with Gasteiger partial charge in [-0.15, -0.1) is 0 Å². The van der Waals surface area contributed by atoms with Crippen LogP contribution < -0.4 is 5.32 Å². The van der Waals surface area contributed by atoms with Crippen LogP contribution in [0.3, 0.4) is 0 Å². The molecule has 0 heterocycles. The van der Waals surface area contributed by atoms with E-state index in [2.05, 4.69) is 67.8 Å². The van der Waals surface area contributed by atoms with Gasteiger partial charge in [-0.2, -0.15) is 0 Å². The molecule has 0 bridgehead atoms. The Hall–Kier alpha value is -1.73. The molecular formula is C51H95NO5. The Bertz CT molecular complexity index is 946. The van der Waals surface area contributed by atoms with E-state index >= 15 is 0 Å². The predicted octanol–water partition coefficient (Wildman–Crippen LogP) is 13.5. The van der Waals surface area contributed by atoms with Gasteiger partial charge in [-0.25, -0.2) is 0 Å². The summed E-state index contributed by atoms with van der Waals surface area (Å²) >= 11 is 0. The number of rotatable bonds is 44. The van der Waals surface area contributed by atoms with Crippen molar-refractivity contribution in [1.29, 1.82) is 0 Å². The molecule has 5 N–H and O–H groups in total. The summed E-state index contributed by atoms with van der Waals surface area (Å²) in [6, 6.07) is -1.01. The van der Waals surface area contributed by atoms with Crippen LogP contribution in [-0.4, -0.2) is 57.3 Å². The number of aliphatic hydroxyl groups is 4. The molecule has 57 heavy (non-hydrogen) atoms. The third-order valence-electron chi connectivity index (χ3n) is 11.2. The number of carbonyl (C=O) groups excluding carboxylic acids is 1. The highest BCUT2D eigenvalue weighted by molar-refractivity contribution is 5.80. The van der Waals surface area contributed by atoms with Gasteiger partial charge in [0.15, 0.2) is 0 Å². The molecule has 0 aromatic rings. The van der Waals surface area contributed by atoms with E-state index in [1.807, 2.05) is 0 Å². The van der Waals surface area contributed by atoms with E-state index in [1.54, 1.807) is 0 Å². The SMILES string of the molecule is CCCC/C=C/CC/C=C/CC/C=C/CCCC(O)C(O)C(CO)NC(=O)C(O)CCCCCCCCCCCC/C=C\CCCCCCCCCCCCCC. The fraction of sp³-hybridized carbons (Fsp3) is 0.824. The molecule has 334 valence electrons. The van der Waals surface area contributed by atoms with E-state index in [0.717, 1.165) is 51.4 Å². The lowest BCUT2D eigenvalue weighted by Crippen LogP contribution is -2.53. The molecule has 0 rings (SSSR count). The van der Waals surface area contributed by atoms with Crippen LogP contribution in [0.25, 0.3) is 0 Å². The van der Waals surface area contributed by atoms with Crippen LogP contribution in [0.15, 0.2) is 48.6 Å². The Labute approximate surface area is 353 Å². The van der Waals surface area contributed by atoms with Gasteiger partial charge in [-0.3, -0.25) is 4.79 Å². The highest BCUT2D eigenvalue weighted by Crippen LogP contribution is 2.16. The minimum Gasteiger partial charge on any atom is -0.394 e. The molecule has 0 fully saturated rings. The predicted molar refractivity (Wildman–Crippen MR) is 247 cm³/mol. The minimum absolute atomic E-state index is 0.356. The van der Waals surface area contributed by atoms with Gasteiger partial charge < -0.3 is 25.7 Å². The summed E-state index contributed by atoms with van der Waals surface area (Å²) in [7, 11) is 0. The summed E-state index contributed by atoms with van der Waals surface area (Å²) in [5.74, 6) is -0.601. The second kappa shape index (κ2) is 45.4. The molecule has 0 radical (unpaired) electrons. The van der Waals surface area contributed by atoms with E-state index in [9.17, 15) is 25.2 Å². The van der Waals surface area contributed by atoms with Crippen LogP contribution in [0.2, 0.25) is 0 Å². The fourth-order valence-electron chi connectivity index (χ4n) is 7.30. The van der Waals surface area contributed by atoms with Crippen molar-refractivity contribution in [1.82, 2.24) is 5.32 Å². The molecule has 6 heteroatoms. The van der Waals surface area contributed by atoms with E-state index in [0.29, 0.717) is 19.3 Å². The quantitative estimate of drug-likeness (QED) is 0.0311. The second-order valence-electron chi connectivity index (χ2n) is 16.8. The van der Waals surface area contributed by atoms with Gasteiger partial charge in [-0.05, 0) is 83.5 Å². The average Bonchev–Trinajstić information content (AvgIpc) is 3.22. The number of allylic oxidation sites excluding steroid dienone is 8. The third-order valence-corrected chi connectivity index (χ3v) is 11.2. The Morgan fingerprint density at radius 3 is 1.16 bits per heavy atom. The van der Waals surface area contributed by atoms with Crippen LogP contribution in [0.1, 0.15) is 239 Å². The lowest BCUT2D eigenvalue weighted by Gasteiger charge is -2.27. The molecule has 0 spiro atoms. The molecule has 4 unspecified atom stereocenters. The summed E-state index contributed by atoms with van der Waals surface area (Å²) in [6.45, 7) is 4.00. The van der Waals surface area contributed by atoms with E-state index < -0.39 is 36.9 Å². The Morgan fingerprint density at radius 2 is 0.754 bits per heavy atom. The molecular weight excluding hydrogens is 707 g/mol. The Balaban J connectivity index is 3.71. The van der Waals surface area contributed by atoms with Crippen molar-refractivity contribution >= 4 is 5.91 Å². The van der Waals surface area contributed by atoms with Crippen molar-refractivity contribution in [3.05, 3.63) is 48.6 Å². The number of nitrogens with one attached hydrogen (secondary N) is 1. The molecule has 4 atom stereocenters. The lowest BCUT2D eigenvalue weighted by atomic mass is 10.00. The summed E-state index contributed by atoms with van der Waals surface area (Å²) in [4.78, 5) is 12.5.